The third kappa shape index (κ3) is 17.7. The molecular weight excluding hydrogens is 230 g/mol. The number of hydrogen-bond acceptors (Lipinski definition) is 1. The molecule has 1 heteroatoms. The summed E-state index contributed by atoms with van der Waals surface area (Å²) in [6.07, 6.45) is 21.4. The van der Waals surface area contributed by atoms with E-state index < -0.39 is 0 Å². The Morgan fingerprint density at radius 3 is 1.63 bits per heavy atom. The Kier molecular flexibility index (Phi) is 15.5. The monoisotopic (exact) mass is 267 g/mol. The summed E-state index contributed by atoms with van der Waals surface area (Å²) in [6.45, 7) is 3.52. The van der Waals surface area contributed by atoms with Crippen LogP contribution in [-0.2, 0) is 0 Å². The fourth-order valence-corrected chi connectivity index (χ4v) is 2.32. The Balaban J connectivity index is 3.02. The summed E-state index contributed by atoms with van der Waals surface area (Å²) in [7, 11) is 4.32. The molecular formula is C18H37N. The zero-order chi connectivity index (χ0) is 14.2. The summed E-state index contributed by atoms with van der Waals surface area (Å²) in [5, 5.41) is 0. The maximum Gasteiger partial charge on any atom is -0.00248 e. The summed E-state index contributed by atoms with van der Waals surface area (Å²) >= 11 is 0. The molecule has 0 aromatic heterocycles. The van der Waals surface area contributed by atoms with Gasteiger partial charge >= 0.3 is 0 Å². The van der Waals surface area contributed by atoms with Crippen LogP contribution in [0.1, 0.15) is 84.0 Å². The van der Waals surface area contributed by atoms with Crippen LogP contribution in [0, 0.1) is 0 Å². The normalized spacial score (nSPS) is 11.8. The molecule has 0 aromatic rings. The van der Waals surface area contributed by atoms with Crippen LogP contribution in [0.25, 0.3) is 0 Å². The van der Waals surface area contributed by atoms with E-state index in [9.17, 15) is 0 Å². The van der Waals surface area contributed by atoms with E-state index in [1.54, 1.807) is 0 Å². The summed E-state index contributed by atoms with van der Waals surface area (Å²) in [5.41, 5.74) is 0. The third-order valence-electron chi connectivity index (χ3n) is 3.62. The molecule has 0 spiro atoms. The SMILES string of the molecule is CCCCC/C=C/CCCCCCCCCN(C)C. The Bertz CT molecular complexity index is 184. The van der Waals surface area contributed by atoms with Gasteiger partial charge in [0.15, 0.2) is 0 Å². The molecule has 0 radical (unpaired) electrons. The van der Waals surface area contributed by atoms with Gasteiger partial charge in [0.25, 0.3) is 0 Å². The van der Waals surface area contributed by atoms with Crippen LogP contribution in [0.15, 0.2) is 12.2 Å². The van der Waals surface area contributed by atoms with Crippen molar-refractivity contribution in [2.24, 2.45) is 0 Å². The topological polar surface area (TPSA) is 3.24 Å². The van der Waals surface area contributed by atoms with Crippen molar-refractivity contribution in [2.45, 2.75) is 84.0 Å². The van der Waals surface area contributed by atoms with Gasteiger partial charge in [-0.05, 0) is 52.7 Å². The van der Waals surface area contributed by atoms with Crippen molar-refractivity contribution in [3.05, 3.63) is 12.2 Å². The van der Waals surface area contributed by atoms with Crippen LogP contribution in [0.5, 0.6) is 0 Å². The van der Waals surface area contributed by atoms with E-state index in [0.717, 1.165) is 0 Å². The first-order chi connectivity index (χ1) is 9.27. The average Bonchev–Trinajstić information content (AvgIpc) is 2.39. The van der Waals surface area contributed by atoms with Crippen molar-refractivity contribution in [1.29, 1.82) is 0 Å². The van der Waals surface area contributed by atoms with Gasteiger partial charge in [-0.1, -0.05) is 64.0 Å². The Morgan fingerprint density at radius 2 is 1.11 bits per heavy atom. The Labute approximate surface area is 122 Å². The lowest BCUT2D eigenvalue weighted by Crippen LogP contribution is -2.12. The number of nitrogens with zero attached hydrogens (tertiary/aromatic N) is 1. The average molecular weight is 268 g/mol. The van der Waals surface area contributed by atoms with Crippen molar-refractivity contribution in [1.82, 2.24) is 4.90 Å². The first-order valence-electron chi connectivity index (χ1n) is 8.57. The molecule has 0 aliphatic carbocycles. The third-order valence-corrected chi connectivity index (χ3v) is 3.62. The van der Waals surface area contributed by atoms with Gasteiger partial charge in [0.05, 0.1) is 0 Å². The predicted molar refractivity (Wildman–Crippen MR) is 88.8 cm³/mol. The Morgan fingerprint density at radius 1 is 0.632 bits per heavy atom. The zero-order valence-electron chi connectivity index (χ0n) is 13.8. The molecule has 0 unspecified atom stereocenters. The second-order valence-corrected chi connectivity index (χ2v) is 6.03. The molecule has 0 N–H and O–H groups in total. The van der Waals surface area contributed by atoms with Gasteiger partial charge < -0.3 is 4.90 Å². The lowest BCUT2D eigenvalue weighted by Gasteiger charge is -2.08. The van der Waals surface area contributed by atoms with Crippen LogP contribution in [0.3, 0.4) is 0 Å². The van der Waals surface area contributed by atoms with E-state index in [-0.39, 0.29) is 0 Å². The second-order valence-electron chi connectivity index (χ2n) is 6.03. The highest BCUT2D eigenvalue weighted by atomic mass is 15.0. The van der Waals surface area contributed by atoms with Gasteiger partial charge in [-0.3, -0.25) is 0 Å². The molecule has 0 fully saturated rings. The smallest absolute Gasteiger partial charge is 0.00248 e. The van der Waals surface area contributed by atoms with Gasteiger partial charge in [-0.25, -0.2) is 0 Å². The van der Waals surface area contributed by atoms with Crippen molar-refractivity contribution >= 4 is 0 Å². The van der Waals surface area contributed by atoms with E-state index >= 15 is 0 Å². The van der Waals surface area contributed by atoms with E-state index in [0.29, 0.717) is 0 Å². The van der Waals surface area contributed by atoms with Crippen molar-refractivity contribution < 1.29 is 0 Å². The minimum Gasteiger partial charge on any atom is -0.309 e. The maximum atomic E-state index is 2.40. The molecule has 1 nitrogen and oxygen atoms in total. The predicted octanol–water partition coefficient (Wildman–Crippen LogP) is 5.81. The standard InChI is InChI=1S/C18H37N/c1-4-5-6-7-8-9-10-11-12-13-14-15-16-17-18-19(2)3/h8-9H,4-7,10-18H2,1-3H3/b9-8+. The molecule has 0 aromatic carbocycles. The lowest BCUT2D eigenvalue weighted by molar-refractivity contribution is 0.389. The van der Waals surface area contributed by atoms with Crippen LogP contribution < -0.4 is 0 Å². The van der Waals surface area contributed by atoms with Gasteiger partial charge in [0, 0.05) is 0 Å². The lowest BCUT2D eigenvalue weighted by atomic mass is 10.1. The first-order valence-corrected chi connectivity index (χ1v) is 8.57. The molecule has 0 aliphatic rings. The highest BCUT2D eigenvalue weighted by molar-refractivity contribution is 4.81. The molecule has 19 heavy (non-hydrogen) atoms. The molecule has 114 valence electrons. The summed E-state index contributed by atoms with van der Waals surface area (Å²) in [4.78, 5) is 2.28. The molecule has 0 aliphatic heterocycles. The van der Waals surface area contributed by atoms with Crippen molar-refractivity contribution in [2.75, 3.05) is 20.6 Å². The first kappa shape index (κ1) is 18.7. The number of allylic oxidation sites excluding steroid dienone is 2. The van der Waals surface area contributed by atoms with Crippen molar-refractivity contribution in [3.8, 4) is 0 Å². The van der Waals surface area contributed by atoms with E-state index in [1.807, 2.05) is 0 Å². The quantitative estimate of drug-likeness (QED) is 0.284. The van der Waals surface area contributed by atoms with Crippen LogP contribution in [0.4, 0.5) is 0 Å². The molecule has 0 rings (SSSR count). The second kappa shape index (κ2) is 15.8. The highest BCUT2D eigenvalue weighted by Gasteiger charge is 1.93. The van der Waals surface area contributed by atoms with Crippen LogP contribution in [-0.4, -0.2) is 25.5 Å². The van der Waals surface area contributed by atoms with Gasteiger partial charge in [0.2, 0.25) is 0 Å². The maximum absolute atomic E-state index is 2.40. The molecule has 0 saturated heterocycles. The molecule has 0 amide bonds. The van der Waals surface area contributed by atoms with Gasteiger partial charge in [-0.2, -0.15) is 0 Å². The zero-order valence-corrected chi connectivity index (χ0v) is 13.8. The summed E-state index contributed by atoms with van der Waals surface area (Å²) < 4.78 is 0. The fourth-order valence-electron chi connectivity index (χ4n) is 2.32. The van der Waals surface area contributed by atoms with Crippen molar-refractivity contribution in [3.63, 3.8) is 0 Å². The fraction of sp³-hybridized carbons (Fsp3) is 0.889. The number of hydrogen-bond donors (Lipinski definition) is 0. The highest BCUT2D eigenvalue weighted by Crippen LogP contribution is 2.09. The Hall–Kier alpha value is -0.300. The number of rotatable bonds is 14. The van der Waals surface area contributed by atoms with Gasteiger partial charge in [0.1, 0.15) is 0 Å². The largest absolute Gasteiger partial charge is 0.309 e. The van der Waals surface area contributed by atoms with Crippen LogP contribution in [0.2, 0.25) is 0 Å². The van der Waals surface area contributed by atoms with E-state index in [4.69, 9.17) is 0 Å². The minimum absolute atomic E-state index is 1.25. The molecule has 0 heterocycles. The summed E-state index contributed by atoms with van der Waals surface area (Å²) in [6, 6.07) is 0. The van der Waals surface area contributed by atoms with Crippen LogP contribution >= 0.6 is 0 Å². The van der Waals surface area contributed by atoms with Gasteiger partial charge in [-0.15, -0.1) is 0 Å². The van der Waals surface area contributed by atoms with E-state index in [1.165, 1.54) is 83.6 Å². The minimum atomic E-state index is 1.25. The summed E-state index contributed by atoms with van der Waals surface area (Å²) in [5.74, 6) is 0. The number of unbranched alkanes of at least 4 members (excludes halogenated alkanes) is 10. The van der Waals surface area contributed by atoms with E-state index in [2.05, 4.69) is 38.1 Å². The molecule has 0 saturated carbocycles. The molecule has 0 atom stereocenters. The molecule has 0 bridgehead atoms.